The van der Waals surface area contributed by atoms with Crippen LogP contribution < -0.4 is 4.72 Å². The van der Waals surface area contributed by atoms with Crippen LogP contribution in [0, 0.1) is 17.7 Å². The minimum atomic E-state index is -3.96. The van der Waals surface area contributed by atoms with Gasteiger partial charge in [-0.3, -0.25) is 9.78 Å². The van der Waals surface area contributed by atoms with Crippen LogP contribution in [0.25, 0.3) is 0 Å². The van der Waals surface area contributed by atoms with Crippen LogP contribution in [0.1, 0.15) is 39.3 Å². The number of nitrogens with one attached hydrogen (secondary N) is 1. The lowest BCUT2D eigenvalue weighted by Crippen LogP contribution is -2.42. The number of sulfonamides is 1. The molecule has 3 unspecified atom stereocenters. The van der Waals surface area contributed by atoms with Gasteiger partial charge in [-0.2, -0.15) is 0 Å². The molecular weight excluding hydrogens is 393 g/mol. The zero-order valence-electron chi connectivity index (χ0n) is 16.6. The topological polar surface area (TPSA) is 88.5 Å². The lowest BCUT2D eigenvalue weighted by atomic mass is 9.96. The summed E-state index contributed by atoms with van der Waals surface area (Å²) in [5, 5.41) is -0.832. The molecular formula is C21H24FN3O3S. The molecule has 1 aromatic rings. The molecule has 1 aromatic heterocycles. The molecule has 0 spiro atoms. The smallest absolute Gasteiger partial charge is 0.266 e. The molecule has 8 heteroatoms. The van der Waals surface area contributed by atoms with Gasteiger partial charge in [0.25, 0.3) is 5.91 Å². The number of rotatable bonds is 6. The van der Waals surface area contributed by atoms with Crippen LogP contribution in [0.3, 0.4) is 0 Å². The molecule has 29 heavy (non-hydrogen) atoms. The Morgan fingerprint density at radius 1 is 1.34 bits per heavy atom. The van der Waals surface area contributed by atoms with Crippen LogP contribution >= 0.6 is 0 Å². The van der Waals surface area contributed by atoms with E-state index in [9.17, 15) is 17.6 Å². The lowest BCUT2D eigenvalue weighted by molar-refractivity contribution is -0.115. The fourth-order valence-corrected chi connectivity index (χ4v) is 5.46. The molecule has 0 radical (unpaired) electrons. The standard InChI is InChI=1S/C21H24FN3O3S/c1-4-7-15-12-17(24-18(15)19-16(22)10-6-11-23-19)21(26)25-29(27,28)20-13(2)8-5-9-14(20)3/h5-6,8-13,15,20H,4,7H2,1-3H3,(H,25,26). The van der Waals surface area contributed by atoms with E-state index < -0.39 is 27.0 Å². The molecule has 1 N–H and O–H groups in total. The summed E-state index contributed by atoms with van der Waals surface area (Å²) in [5.41, 5.74) is 1.05. The van der Waals surface area contributed by atoms with Gasteiger partial charge in [0.2, 0.25) is 10.0 Å². The third-order valence-electron chi connectivity index (χ3n) is 5.05. The number of hydrogen-bond donors (Lipinski definition) is 1. The van der Waals surface area contributed by atoms with Crippen LogP contribution in [0.5, 0.6) is 0 Å². The molecule has 1 aliphatic heterocycles. The first-order chi connectivity index (χ1) is 13.7. The first-order valence-electron chi connectivity index (χ1n) is 9.56. The van der Waals surface area contributed by atoms with E-state index in [1.54, 1.807) is 38.2 Å². The number of aromatic nitrogens is 1. The zero-order chi connectivity index (χ0) is 21.2. The highest BCUT2D eigenvalue weighted by atomic mass is 32.2. The van der Waals surface area contributed by atoms with Gasteiger partial charge < -0.3 is 0 Å². The highest BCUT2D eigenvalue weighted by Crippen LogP contribution is 2.28. The van der Waals surface area contributed by atoms with Gasteiger partial charge in [0.1, 0.15) is 16.6 Å². The van der Waals surface area contributed by atoms with Crippen molar-refractivity contribution < 1.29 is 17.6 Å². The Bertz CT molecular complexity index is 1040. The normalized spacial score (nSPS) is 24.0. The van der Waals surface area contributed by atoms with E-state index in [-0.39, 0.29) is 23.2 Å². The highest BCUT2D eigenvalue weighted by molar-refractivity contribution is 7.90. The lowest BCUT2D eigenvalue weighted by Gasteiger charge is -2.25. The van der Waals surface area contributed by atoms with E-state index in [0.29, 0.717) is 17.7 Å². The second-order valence-corrected chi connectivity index (χ2v) is 9.13. The van der Waals surface area contributed by atoms with Crippen LogP contribution in [0.2, 0.25) is 0 Å². The van der Waals surface area contributed by atoms with Gasteiger partial charge in [-0.1, -0.05) is 44.1 Å². The molecule has 2 heterocycles. The van der Waals surface area contributed by atoms with E-state index in [4.69, 9.17) is 0 Å². The Balaban J connectivity index is 1.87. The van der Waals surface area contributed by atoms with Crippen molar-refractivity contribution in [1.82, 2.24) is 9.71 Å². The van der Waals surface area contributed by atoms with Crippen molar-refractivity contribution in [3.05, 3.63) is 65.4 Å². The average Bonchev–Trinajstić information content (AvgIpc) is 3.05. The maximum atomic E-state index is 14.2. The summed E-state index contributed by atoms with van der Waals surface area (Å²) in [5.74, 6) is -1.91. The molecule has 0 aromatic carbocycles. The summed E-state index contributed by atoms with van der Waals surface area (Å²) in [6, 6.07) is 2.76. The predicted octanol–water partition coefficient (Wildman–Crippen LogP) is 3.29. The van der Waals surface area contributed by atoms with Gasteiger partial charge in [-0.05, 0) is 37.5 Å². The molecule has 3 rings (SSSR count). The van der Waals surface area contributed by atoms with Gasteiger partial charge >= 0.3 is 0 Å². The number of hydrogen-bond acceptors (Lipinski definition) is 5. The molecule has 3 atom stereocenters. The molecule has 0 bridgehead atoms. The van der Waals surface area contributed by atoms with Crippen molar-refractivity contribution in [2.24, 2.45) is 16.8 Å². The molecule has 0 saturated heterocycles. The van der Waals surface area contributed by atoms with Crippen molar-refractivity contribution in [2.45, 2.75) is 38.9 Å². The van der Waals surface area contributed by atoms with Crippen molar-refractivity contribution in [3.63, 3.8) is 0 Å². The number of halogens is 1. The van der Waals surface area contributed by atoms with Gasteiger partial charge in [0, 0.05) is 12.1 Å². The second kappa shape index (κ2) is 8.41. The molecule has 154 valence electrons. The Morgan fingerprint density at radius 3 is 2.76 bits per heavy atom. The molecule has 6 nitrogen and oxygen atoms in total. The van der Waals surface area contributed by atoms with Crippen LogP contribution in [0.4, 0.5) is 4.39 Å². The fourth-order valence-electron chi connectivity index (χ4n) is 3.75. The van der Waals surface area contributed by atoms with Gasteiger partial charge in [-0.25, -0.2) is 22.5 Å². The minimum absolute atomic E-state index is 0.0345. The molecule has 1 aliphatic carbocycles. The predicted molar refractivity (Wildman–Crippen MR) is 110 cm³/mol. The Kier molecular flexibility index (Phi) is 6.12. The SMILES string of the molecule is CCCC1C=C(C(=O)NS(=O)(=O)C2C(C)=CC=CC2C)N=C1c1ncccc1F. The molecule has 2 aliphatic rings. The van der Waals surface area contributed by atoms with Gasteiger partial charge in [-0.15, -0.1) is 0 Å². The van der Waals surface area contributed by atoms with E-state index >= 15 is 0 Å². The molecule has 0 saturated carbocycles. The van der Waals surface area contributed by atoms with E-state index in [1.807, 2.05) is 6.92 Å². The van der Waals surface area contributed by atoms with Crippen molar-refractivity contribution in [3.8, 4) is 0 Å². The van der Waals surface area contributed by atoms with Crippen molar-refractivity contribution in [1.29, 1.82) is 0 Å². The third kappa shape index (κ3) is 4.37. The van der Waals surface area contributed by atoms with E-state index in [1.165, 1.54) is 18.3 Å². The maximum Gasteiger partial charge on any atom is 0.283 e. The Morgan fingerprint density at radius 2 is 2.10 bits per heavy atom. The molecule has 1 amide bonds. The van der Waals surface area contributed by atoms with Crippen LogP contribution in [-0.4, -0.2) is 30.3 Å². The van der Waals surface area contributed by atoms with Gasteiger partial charge in [0.15, 0.2) is 5.82 Å². The van der Waals surface area contributed by atoms with E-state index in [0.717, 1.165) is 6.42 Å². The van der Waals surface area contributed by atoms with Crippen LogP contribution in [-0.2, 0) is 14.8 Å². The number of nitrogens with zero attached hydrogens (tertiary/aromatic N) is 2. The number of aliphatic imine (C=N–C) groups is 1. The number of carbonyl (C=O) groups excluding carboxylic acids is 1. The summed E-state index contributed by atoms with van der Waals surface area (Å²) >= 11 is 0. The van der Waals surface area contributed by atoms with Gasteiger partial charge in [0.05, 0.1) is 5.71 Å². The largest absolute Gasteiger partial charge is 0.283 e. The fraction of sp³-hybridized carbons (Fsp3) is 0.381. The summed E-state index contributed by atoms with van der Waals surface area (Å²) in [6.45, 7) is 5.48. The minimum Gasteiger partial charge on any atom is -0.266 e. The highest BCUT2D eigenvalue weighted by Gasteiger charge is 2.35. The van der Waals surface area contributed by atoms with E-state index in [2.05, 4.69) is 14.7 Å². The van der Waals surface area contributed by atoms with Crippen molar-refractivity contribution >= 4 is 21.6 Å². The summed E-state index contributed by atoms with van der Waals surface area (Å²) in [4.78, 5) is 21.0. The number of allylic oxidation sites excluding steroid dienone is 4. The number of carbonyl (C=O) groups is 1. The second-order valence-electron chi connectivity index (χ2n) is 7.33. The first-order valence-corrected chi connectivity index (χ1v) is 11.1. The summed E-state index contributed by atoms with van der Waals surface area (Å²) in [7, 11) is -3.96. The Hall–Kier alpha value is -2.61. The zero-order valence-corrected chi connectivity index (χ0v) is 17.4. The first kappa shape index (κ1) is 21.1. The van der Waals surface area contributed by atoms with Crippen molar-refractivity contribution in [2.75, 3.05) is 0 Å². The van der Waals surface area contributed by atoms with Crippen LogP contribution in [0.15, 0.2) is 58.9 Å². The number of amides is 1. The Labute approximate surface area is 170 Å². The number of pyridine rings is 1. The average molecular weight is 418 g/mol. The summed E-state index contributed by atoms with van der Waals surface area (Å²) in [6.07, 6.45) is 9.79. The third-order valence-corrected chi connectivity index (χ3v) is 6.99. The monoisotopic (exact) mass is 417 g/mol. The maximum absolute atomic E-state index is 14.2. The summed E-state index contributed by atoms with van der Waals surface area (Å²) < 4.78 is 42.0. The quantitative estimate of drug-likeness (QED) is 0.769. The molecule has 0 fully saturated rings.